The Hall–Kier alpha value is -4.60. The van der Waals surface area contributed by atoms with Crippen molar-refractivity contribution in [3.63, 3.8) is 0 Å². The van der Waals surface area contributed by atoms with E-state index in [1.807, 2.05) is 74.9 Å². The predicted octanol–water partition coefficient (Wildman–Crippen LogP) is 4.22. The number of hydrogen-bond donors (Lipinski definition) is 3. The van der Waals surface area contributed by atoms with Crippen LogP contribution in [-0.4, -0.2) is 69.4 Å². The zero-order chi connectivity index (χ0) is 30.5. The molecule has 0 aliphatic carbocycles. The molecule has 1 aliphatic heterocycles. The van der Waals surface area contributed by atoms with Crippen LogP contribution in [0.4, 0.5) is 0 Å². The van der Waals surface area contributed by atoms with Gasteiger partial charge in [-0.3, -0.25) is 14.4 Å². The lowest BCUT2D eigenvalue weighted by molar-refractivity contribution is -0.129. The van der Waals surface area contributed by atoms with Crippen LogP contribution < -0.4 is 15.4 Å². The van der Waals surface area contributed by atoms with Crippen molar-refractivity contribution in [3.05, 3.63) is 71.7 Å². The Kier molecular flexibility index (Phi) is 9.13. The van der Waals surface area contributed by atoms with Crippen LogP contribution in [0.2, 0.25) is 0 Å². The summed E-state index contributed by atoms with van der Waals surface area (Å²) >= 11 is 0. The molecule has 0 fully saturated rings. The third-order valence-electron chi connectivity index (χ3n) is 7.84. The molecule has 3 N–H and O–H groups in total. The van der Waals surface area contributed by atoms with Crippen molar-refractivity contribution in [1.82, 2.24) is 30.1 Å². The number of rotatable bonds is 3. The fourth-order valence-electron chi connectivity index (χ4n) is 5.49. The van der Waals surface area contributed by atoms with E-state index >= 15 is 0 Å². The van der Waals surface area contributed by atoms with E-state index in [4.69, 9.17) is 4.74 Å². The smallest absolute Gasteiger partial charge is 0.254 e. The van der Waals surface area contributed by atoms with E-state index in [0.29, 0.717) is 50.4 Å². The van der Waals surface area contributed by atoms with Gasteiger partial charge >= 0.3 is 0 Å². The number of carbonyl (C=O) groups excluding carboxylic acids is 3. The van der Waals surface area contributed by atoms with Gasteiger partial charge in [-0.25, -0.2) is 4.98 Å². The minimum absolute atomic E-state index is 0.169. The molecule has 0 saturated carbocycles. The average molecular weight is 585 g/mol. The van der Waals surface area contributed by atoms with E-state index < -0.39 is 6.04 Å². The lowest BCUT2D eigenvalue weighted by Gasteiger charge is -2.25. The van der Waals surface area contributed by atoms with Gasteiger partial charge < -0.3 is 29.8 Å². The maximum Gasteiger partial charge on any atom is 0.254 e. The highest BCUT2D eigenvalue weighted by atomic mass is 16.5. The molecule has 0 radical (unpaired) electrons. The van der Waals surface area contributed by atoms with Crippen molar-refractivity contribution in [2.24, 2.45) is 5.92 Å². The molecular formula is C33H40N6O4. The Morgan fingerprint density at radius 2 is 1.95 bits per heavy atom. The molecule has 2 aromatic carbocycles. The Morgan fingerprint density at radius 1 is 1.12 bits per heavy atom. The largest absolute Gasteiger partial charge is 0.494 e. The summed E-state index contributed by atoms with van der Waals surface area (Å²) < 4.78 is 8.04. The van der Waals surface area contributed by atoms with E-state index in [1.54, 1.807) is 12.3 Å². The summed E-state index contributed by atoms with van der Waals surface area (Å²) in [7, 11) is 0. The van der Waals surface area contributed by atoms with Gasteiger partial charge in [0.1, 0.15) is 17.6 Å². The Labute approximate surface area is 251 Å². The normalized spacial score (nSPS) is 17.0. The van der Waals surface area contributed by atoms with Crippen molar-refractivity contribution < 1.29 is 19.1 Å². The van der Waals surface area contributed by atoms with Crippen molar-refractivity contribution in [3.8, 4) is 17.1 Å². The minimum atomic E-state index is -0.715. The molecule has 0 spiro atoms. The third-order valence-corrected chi connectivity index (χ3v) is 7.84. The molecule has 1 aliphatic rings. The number of imidazole rings is 1. The van der Waals surface area contributed by atoms with E-state index in [9.17, 15) is 14.4 Å². The molecule has 0 unspecified atom stereocenters. The molecule has 0 saturated heterocycles. The van der Waals surface area contributed by atoms with Gasteiger partial charge in [0.2, 0.25) is 11.8 Å². The monoisotopic (exact) mass is 584 g/mol. The van der Waals surface area contributed by atoms with Crippen LogP contribution in [0.3, 0.4) is 0 Å². The molecule has 5 rings (SSSR count). The number of fused-ring (bicyclic) bond motifs is 5. The number of nitrogens with one attached hydrogen (secondary N) is 3. The van der Waals surface area contributed by atoms with Crippen LogP contribution >= 0.6 is 0 Å². The highest BCUT2D eigenvalue weighted by molar-refractivity contribution is 6.00. The lowest BCUT2D eigenvalue weighted by Crippen LogP contribution is -2.51. The number of ether oxygens (including phenoxy) is 1. The molecule has 3 amide bonds. The Bertz CT molecular complexity index is 1620. The fraction of sp³-hybridized carbons (Fsp3) is 0.394. The van der Waals surface area contributed by atoms with Crippen LogP contribution in [0.15, 0.2) is 54.9 Å². The van der Waals surface area contributed by atoms with Gasteiger partial charge in [0.25, 0.3) is 5.91 Å². The van der Waals surface area contributed by atoms with Crippen LogP contribution in [-0.2, 0) is 16.1 Å². The van der Waals surface area contributed by atoms with E-state index in [0.717, 1.165) is 33.5 Å². The molecule has 226 valence electrons. The summed E-state index contributed by atoms with van der Waals surface area (Å²) in [4.78, 5) is 49.8. The topological polar surface area (TPSA) is 121 Å². The predicted molar refractivity (Wildman–Crippen MR) is 166 cm³/mol. The molecule has 43 heavy (non-hydrogen) atoms. The first-order valence-electron chi connectivity index (χ1n) is 14.9. The number of aryl methyl sites for hydroxylation is 2. The van der Waals surface area contributed by atoms with Crippen molar-refractivity contribution in [2.75, 3.05) is 26.2 Å². The number of aromatic nitrogens is 3. The molecule has 10 heteroatoms. The number of amides is 3. The standard InChI is InChI=1S/C33H40N6O4/c1-21(2)17-29-32(41)35-12-15-38-14-11-34-31(38)24-7-5-8-26(18-24)43-16-6-13-39(20-30(40)37-29)33(42)25-9-10-28-27(19-25)22(3)23(4)36-28/h5,7-11,14,18-19,21,29,36H,6,12-13,15-17,20H2,1-4H3,(H,35,41)(H,37,40)/t29-/m1/s1. The summed E-state index contributed by atoms with van der Waals surface area (Å²) in [6, 6.07) is 12.6. The number of H-pyrrole nitrogens is 1. The summed E-state index contributed by atoms with van der Waals surface area (Å²) in [6.45, 7) is 9.42. The number of nitrogens with zero attached hydrogens (tertiary/aromatic N) is 3. The maximum absolute atomic E-state index is 13.8. The second-order valence-electron chi connectivity index (χ2n) is 11.6. The van der Waals surface area contributed by atoms with Crippen molar-refractivity contribution in [1.29, 1.82) is 0 Å². The van der Waals surface area contributed by atoms with Crippen LogP contribution in [0.25, 0.3) is 22.3 Å². The molecular weight excluding hydrogens is 544 g/mol. The second kappa shape index (κ2) is 13.1. The number of carbonyl (C=O) groups is 3. The zero-order valence-corrected chi connectivity index (χ0v) is 25.3. The number of aromatic amines is 1. The quantitative estimate of drug-likeness (QED) is 0.333. The van der Waals surface area contributed by atoms with Gasteiger partial charge in [0.15, 0.2) is 0 Å². The van der Waals surface area contributed by atoms with Gasteiger partial charge in [0.05, 0.1) is 13.2 Å². The van der Waals surface area contributed by atoms with E-state index in [1.165, 1.54) is 4.90 Å². The van der Waals surface area contributed by atoms with Crippen LogP contribution in [0.5, 0.6) is 5.75 Å². The van der Waals surface area contributed by atoms with Gasteiger partial charge in [-0.2, -0.15) is 0 Å². The van der Waals surface area contributed by atoms with Crippen molar-refractivity contribution >= 4 is 28.6 Å². The first-order valence-corrected chi connectivity index (χ1v) is 14.9. The highest BCUT2D eigenvalue weighted by Crippen LogP contribution is 2.24. The van der Waals surface area contributed by atoms with Gasteiger partial charge in [-0.1, -0.05) is 26.0 Å². The zero-order valence-electron chi connectivity index (χ0n) is 25.3. The molecule has 3 heterocycles. The Morgan fingerprint density at radius 3 is 2.77 bits per heavy atom. The second-order valence-corrected chi connectivity index (χ2v) is 11.6. The minimum Gasteiger partial charge on any atom is -0.494 e. The number of benzene rings is 2. The molecule has 2 bridgehead atoms. The fourth-order valence-corrected chi connectivity index (χ4v) is 5.49. The maximum atomic E-state index is 13.8. The van der Waals surface area contributed by atoms with Gasteiger partial charge in [0, 0.05) is 59.8 Å². The summed E-state index contributed by atoms with van der Waals surface area (Å²) in [5.74, 6) is 0.767. The van der Waals surface area contributed by atoms with E-state index in [-0.39, 0.29) is 30.2 Å². The van der Waals surface area contributed by atoms with E-state index in [2.05, 4.69) is 20.6 Å². The van der Waals surface area contributed by atoms with Gasteiger partial charge in [-0.05, 0) is 68.5 Å². The lowest BCUT2D eigenvalue weighted by atomic mass is 10.0. The average Bonchev–Trinajstić information content (AvgIpc) is 3.56. The van der Waals surface area contributed by atoms with Gasteiger partial charge in [-0.15, -0.1) is 0 Å². The summed E-state index contributed by atoms with van der Waals surface area (Å²) in [6.07, 6.45) is 4.60. The summed E-state index contributed by atoms with van der Waals surface area (Å²) in [5.41, 5.74) is 4.51. The van der Waals surface area contributed by atoms with Crippen molar-refractivity contribution in [2.45, 2.75) is 53.1 Å². The summed E-state index contributed by atoms with van der Waals surface area (Å²) in [5, 5.41) is 6.85. The molecule has 1 atom stereocenters. The first kappa shape index (κ1) is 29.9. The third kappa shape index (κ3) is 7.07. The molecule has 4 aromatic rings. The number of hydrogen-bond acceptors (Lipinski definition) is 5. The van der Waals surface area contributed by atoms with Crippen LogP contribution in [0, 0.1) is 19.8 Å². The highest BCUT2D eigenvalue weighted by Gasteiger charge is 2.25. The SMILES string of the molecule is Cc1[nH]c2ccc(C(=O)N3CCCOc4cccc(c4)-c4nccn4CCNC(=O)[C@@H](CC(C)C)NC(=O)C3)cc2c1C. The molecule has 2 aromatic heterocycles. The Balaban J connectivity index is 1.41. The van der Waals surface area contributed by atoms with Crippen LogP contribution in [0.1, 0.15) is 48.3 Å². The molecule has 10 nitrogen and oxygen atoms in total. The first-order chi connectivity index (χ1) is 20.7.